The van der Waals surface area contributed by atoms with Crippen LogP contribution in [0.15, 0.2) is 41.5 Å². The molecule has 2 aliphatic heterocycles. The first-order valence-corrected chi connectivity index (χ1v) is 12.9. The van der Waals surface area contributed by atoms with Crippen LogP contribution in [0.25, 0.3) is 10.9 Å². The summed E-state index contributed by atoms with van der Waals surface area (Å²) in [5.41, 5.74) is 0.333. The van der Waals surface area contributed by atoms with Crippen LogP contribution in [-0.4, -0.2) is 58.5 Å². The maximum Gasteiger partial charge on any atom is 0.274 e. The number of anilines is 1. The zero-order chi connectivity index (χ0) is 25.4. The number of amides is 1. The van der Waals surface area contributed by atoms with Gasteiger partial charge in [0.15, 0.2) is 0 Å². The predicted molar refractivity (Wildman–Crippen MR) is 133 cm³/mol. The molecule has 3 aromatic rings. The maximum absolute atomic E-state index is 13.6. The molecular weight excluding hydrogens is 479 g/mol. The molecule has 0 spiro atoms. The number of carbonyl (C=O) groups is 1. The molecule has 37 heavy (non-hydrogen) atoms. The van der Waals surface area contributed by atoms with E-state index in [2.05, 4.69) is 5.32 Å². The molecule has 2 aromatic heterocycles. The molecule has 2 saturated heterocycles. The molecular formula is C27H29FN4O5. The normalized spacial score (nSPS) is 30.1. The first kappa shape index (κ1) is 22.9. The number of carbonyl (C=O) groups excluding carboxylic acids is 1. The Morgan fingerprint density at radius 1 is 1.32 bits per heavy atom. The van der Waals surface area contributed by atoms with Crippen LogP contribution in [0.4, 0.5) is 10.1 Å². The number of alkyl halides is 1. The van der Waals surface area contributed by atoms with E-state index in [0.717, 1.165) is 43.0 Å². The van der Waals surface area contributed by atoms with E-state index in [1.165, 1.54) is 10.6 Å². The van der Waals surface area contributed by atoms with Gasteiger partial charge in [-0.1, -0.05) is 0 Å². The van der Waals surface area contributed by atoms with Crippen LogP contribution in [0.5, 0.6) is 5.75 Å². The highest BCUT2D eigenvalue weighted by Crippen LogP contribution is 2.56. The summed E-state index contributed by atoms with van der Waals surface area (Å²) in [5, 5.41) is 8.39. The maximum atomic E-state index is 13.6. The standard InChI is InChI=1S/C27H29FN4O5/c1-35-15-27-12-26(13-27,14-36-27)32-11-16-8-18(23(10-21(16)30-32)37-17-4-2-5-17)24(33)29-20-6-3-7-31(25(20)34)22-9-19(22)28/h3,6-8,10-11,17,19,22H,2,4-5,9,12-15H2,1H3,(H,29,33)/t19-,22-,26?,27?/m0/s1. The number of aromatic nitrogens is 3. The number of hydrogen-bond donors (Lipinski definition) is 1. The van der Waals surface area contributed by atoms with E-state index in [0.29, 0.717) is 30.9 Å². The van der Waals surface area contributed by atoms with Gasteiger partial charge in [-0.25, -0.2) is 4.39 Å². The molecule has 2 atom stereocenters. The molecule has 5 aliphatic rings. The molecule has 10 heteroatoms. The number of benzene rings is 1. The van der Waals surface area contributed by atoms with Gasteiger partial charge in [0.2, 0.25) is 0 Å². The van der Waals surface area contributed by atoms with Crippen LogP contribution in [0.2, 0.25) is 0 Å². The van der Waals surface area contributed by atoms with Gasteiger partial charge in [-0.3, -0.25) is 14.3 Å². The highest BCUT2D eigenvalue weighted by atomic mass is 19.1. The number of pyridine rings is 1. The van der Waals surface area contributed by atoms with Crippen LogP contribution >= 0.6 is 0 Å². The van der Waals surface area contributed by atoms with Crippen molar-refractivity contribution < 1.29 is 23.4 Å². The molecule has 3 aliphatic carbocycles. The van der Waals surface area contributed by atoms with Gasteiger partial charge in [-0.05, 0) is 37.5 Å². The van der Waals surface area contributed by atoms with Crippen molar-refractivity contribution in [1.82, 2.24) is 14.3 Å². The van der Waals surface area contributed by atoms with E-state index in [1.54, 1.807) is 25.4 Å². The van der Waals surface area contributed by atoms with Crippen molar-refractivity contribution in [1.29, 1.82) is 0 Å². The second-order valence-corrected chi connectivity index (χ2v) is 11.0. The summed E-state index contributed by atoms with van der Waals surface area (Å²) >= 11 is 0. The Balaban J connectivity index is 1.21. The van der Waals surface area contributed by atoms with Crippen molar-refractivity contribution in [3.8, 4) is 5.75 Å². The van der Waals surface area contributed by atoms with Crippen molar-refractivity contribution in [2.75, 3.05) is 25.6 Å². The average molecular weight is 509 g/mol. The summed E-state index contributed by atoms with van der Waals surface area (Å²) in [6.07, 6.45) is 7.49. The molecule has 5 fully saturated rings. The third-order valence-corrected chi connectivity index (χ3v) is 8.30. The molecule has 4 heterocycles. The minimum Gasteiger partial charge on any atom is -0.490 e. The molecule has 9 nitrogen and oxygen atoms in total. The molecule has 194 valence electrons. The lowest BCUT2D eigenvalue weighted by atomic mass is 9.69. The van der Waals surface area contributed by atoms with Gasteiger partial charge in [-0.2, -0.15) is 5.10 Å². The summed E-state index contributed by atoms with van der Waals surface area (Å²) in [5.74, 6) is 0.00118. The summed E-state index contributed by atoms with van der Waals surface area (Å²) in [6.45, 7) is 1.14. The van der Waals surface area contributed by atoms with Gasteiger partial charge < -0.3 is 24.1 Å². The Bertz CT molecular complexity index is 1450. The van der Waals surface area contributed by atoms with Crippen molar-refractivity contribution >= 4 is 22.5 Å². The number of rotatable bonds is 8. The number of methoxy groups -OCH3 is 1. The number of hydrogen-bond acceptors (Lipinski definition) is 6. The minimum absolute atomic E-state index is 0.0551. The molecule has 3 saturated carbocycles. The first-order chi connectivity index (χ1) is 17.9. The topological polar surface area (TPSA) is 96.6 Å². The Morgan fingerprint density at radius 2 is 2.14 bits per heavy atom. The predicted octanol–water partition coefficient (Wildman–Crippen LogP) is 3.57. The molecule has 1 aromatic carbocycles. The Hall–Kier alpha value is -3.24. The zero-order valence-corrected chi connectivity index (χ0v) is 20.6. The number of fused-ring (bicyclic) bond motifs is 2. The van der Waals surface area contributed by atoms with Crippen molar-refractivity contribution in [3.63, 3.8) is 0 Å². The van der Waals surface area contributed by atoms with Crippen molar-refractivity contribution in [3.05, 3.63) is 52.6 Å². The van der Waals surface area contributed by atoms with Gasteiger partial charge in [-0.15, -0.1) is 0 Å². The summed E-state index contributed by atoms with van der Waals surface area (Å²) in [6, 6.07) is 6.31. The fraction of sp³-hybridized carbons (Fsp3) is 0.519. The van der Waals surface area contributed by atoms with E-state index in [1.807, 2.05) is 16.9 Å². The summed E-state index contributed by atoms with van der Waals surface area (Å²) in [7, 11) is 1.68. The van der Waals surface area contributed by atoms with E-state index in [-0.39, 0.29) is 22.9 Å². The highest BCUT2D eigenvalue weighted by Gasteiger charge is 2.64. The van der Waals surface area contributed by atoms with Gasteiger partial charge in [0, 0.05) is 50.2 Å². The smallest absolute Gasteiger partial charge is 0.274 e. The average Bonchev–Trinajstić information content (AvgIpc) is 3.16. The molecule has 8 rings (SSSR count). The quantitative estimate of drug-likeness (QED) is 0.500. The lowest BCUT2D eigenvalue weighted by Crippen LogP contribution is -2.53. The van der Waals surface area contributed by atoms with Crippen LogP contribution in [0.3, 0.4) is 0 Å². The number of halogens is 1. The fourth-order valence-electron chi connectivity index (χ4n) is 6.01. The highest BCUT2D eigenvalue weighted by molar-refractivity contribution is 6.08. The number of ether oxygens (including phenoxy) is 3. The van der Waals surface area contributed by atoms with Crippen molar-refractivity contribution in [2.45, 2.75) is 68.0 Å². The third kappa shape index (κ3) is 3.68. The Labute approximate surface area is 212 Å². The molecule has 0 radical (unpaired) electrons. The van der Waals surface area contributed by atoms with Gasteiger partial charge in [0.25, 0.3) is 11.5 Å². The summed E-state index contributed by atoms with van der Waals surface area (Å²) < 4.78 is 34.5. The molecule has 1 amide bonds. The van der Waals surface area contributed by atoms with Crippen LogP contribution in [0, 0.1) is 0 Å². The fourth-order valence-corrected chi connectivity index (χ4v) is 6.01. The van der Waals surface area contributed by atoms with E-state index >= 15 is 0 Å². The second kappa shape index (κ2) is 8.13. The van der Waals surface area contributed by atoms with Crippen LogP contribution < -0.4 is 15.6 Å². The van der Waals surface area contributed by atoms with Gasteiger partial charge in [0.1, 0.15) is 17.6 Å². The summed E-state index contributed by atoms with van der Waals surface area (Å²) in [4.78, 5) is 26.3. The SMILES string of the molecule is COCC12CC(n3cc4cc(C(=O)Nc5cccn([C@H]6C[C@@H]6F)c5=O)c(OC5CCC5)cc4n3)(CO1)C2. The molecule has 1 N–H and O–H groups in total. The van der Waals surface area contributed by atoms with Crippen molar-refractivity contribution in [2.24, 2.45) is 0 Å². The zero-order valence-electron chi connectivity index (χ0n) is 20.6. The van der Waals surface area contributed by atoms with E-state index in [9.17, 15) is 14.0 Å². The van der Waals surface area contributed by atoms with Crippen LogP contribution in [0.1, 0.15) is 54.9 Å². The number of nitrogens with one attached hydrogen (secondary N) is 1. The monoisotopic (exact) mass is 508 g/mol. The molecule has 0 unspecified atom stereocenters. The van der Waals surface area contributed by atoms with E-state index < -0.39 is 23.7 Å². The van der Waals surface area contributed by atoms with Crippen LogP contribution in [-0.2, 0) is 15.0 Å². The van der Waals surface area contributed by atoms with Gasteiger partial charge in [0.05, 0.1) is 47.6 Å². The van der Waals surface area contributed by atoms with E-state index in [4.69, 9.17) is 19.3 Å². The molecule has 2 bridgehead atoms. The Morgan fingerprint density at radius 3 is 2.84 bits per heavy atom. The van der Waals surface area contributed by atoms with Gasteiger partial charge >= 0.3 is 0 Å². The second-order valence-electron chi connectivity index (χ2n) is 11.0. The lowest BCUT2D eigenvalue weighted by Gasteiger charge is -2.43. The minimum atomic E-state index is -1.02. The third-order valence-electron chi connectivity index (χ3n) is 8.30. The lowest BCUT2D eigenvalue weighted by molar-refractivity contribution is -0.0694. The first-order valence-electron chi connectivity index (χ1n) is 12.9. The largest absolute Gasteiger partial charge is 0.490 e. The number of nitrogens with zero attached hydrogens (tertiary/aromatic N) is 3. The Kier molecular flexibility index (Phi) is 5.04.